The Morgan fingerprint density at radius 2 is 2.00 bits per heavy atom. The van der Waals surface area contributed by atoms with E-state index < -0.39 is 6.10 Å². The molecule has 0 bridgehead atoms. The van der Waals surface area contributed by atoms with Gasteiger partial charge in [-0.15, -0.1) is 11.3 Å². The molecule has 1 N–H and O–H groups in total. The third-order valence-electron chi connectivity index (χ3n) is 4.42. The Labute approximate surface area is 138 Å². The minimum Gasteiger partial charge on any atom is -0.388 e. The van der Waals surface area contributed by atoms with Gasteiger partial charge in [0.15, 0.2) is 0 Å². The monoisotopic (exact) mass is 334 g/mol. The number of carbonyl (C=O) groups is 1. The van der Waals surface area contributed by atoms with Gasteiger partial charge < -0.3 is 10.0 Å². The number of rotatable bonds is 3. The number of hydrogen-bond donors (Lipinski definition) is 1. The predicted octanol–water partition coefficient (Wildman–Crippen LogP) is 3.18. The first-order valence-corrected chi connectivity index (χ1v) is 8.57. The van der Waals surface area contributed by atoms with Crippen LogP contribution in [0.2, 0.25) is 0 Å². The molecule has 23 heavy (non-hydrogen) atoms. The molecule has 122 valence electrons. The molecule has 1 unspecified atom stereocenters. The molecule has 1 amide bonds. The number of aryl methyl sites for hydroxylation is 1. The number of aliphatic hydroxyl groups is 1. The van der Waals surface area contributed by atoms with Crippen molar-refractivity contribution in [1.82, 2.24) is 9.88 Å². The lowest BCUT2D eigenvalue weighted by molar-refractivity contribution is 0.0464. The van der Waals surface area contributed by atoms with Crippen molar-refractivity contribution >= 4 is 17.2 Å². The van der Waals surface area contributed by atoms with Gasteiger partial charge in [-0.3, -0.25) is 4.79 Å². The fraction of sp³-hybridized carbons (Fsp3) is 0.412. The van der Waals surface area contributed by atoms with Crippen molar-refractivity contribution < 1.29 is 14.3 Å². The Hall–Kier alpha value is -1.79. The van der Waals surface area contributed by atoms with Crippen LogP contribution in [0.15, 0.2) is 29.8 Å². The molecule has 1 fully saturated rings. The Morgan fingerprint density at radius 1 is 1.35 bits per heavy atom. The molecule has 1 atom stereocenters. The lowest BCUT2D eigenvalue weighted by atomic mass is 9.87. The van der Waals surface area contributed by atoms with Crippen LogP contribution in [-0.2, 0) is 0 Å². The summed E-state index contributed by atoms with van der Waals surface area (Å²) in [5.41, 5.74) is 3.19. The van der Waals surface area contributed by atoms with Gasteiger partial charge in [-0.1, -0.05) is 12.1 Å². The summed E-state index contributed by atoms with van der Waals surface area (Å²) in [6.45, 7) is 3.09. The molecule has 0 radical (unpaired) electrons. The number of carbonyl (C=O) groups excluding carboxylic acids is 1. The summed E-state index contributed by atoms with van der Waals surface area (Å²) >= 11 is 1.37. The number of likely N-dealkylation sites (tertiary alicyclic amines) is 1. The average Bonchev–Trinajstić information content (AvgIpc) is 3.00. The molecular weight excluding hydrogens is 315 g/mol. The van der Waals surface area contributed by atoms with Crippen molar-refractivity contribution in [2.75, 3.05) is 13.1 Å². The molecule has 0 spiro atoms. The molecule has 2 heterocycles. The first kappa shape index (κ1) is 16.1. The molecule has 1 aliphatic heterocycles. The quantitative estimate of drug-likeness (QED) is 0.938. The summed E-state index contributed by atoms with van der Waals surface area (Å²) in [6.07, 6.45) is 0.863. The van der Waals surface area contributed by atoms with Crippen molar-refractivity contribution in [3.8, 4) is 0 Å². The van der Waals surface area contributed by atoms with Gasteiger partial charge in [0.05, 0.1) is 17.3 Å². The van der Waals surface area contributed by atoms with Crippen molar-refractivity contribution in [3.05, 3.63) is 51.7 Å². The second kappa shape index (κ2) is 6.76. The fourth-order valence-corrected chi connectivity index (χ4v) is 3.77. The maximum absolute atomic E-state index is 13.0. The SMILES string of the molecule is Cc1ncsc1C(=O)N1CCC(C(O)c2ccc(F)cc2)CC1. The van der Waals surface area contributed by atoms with Gasteiger partial charge >= 0.3 is 0 Å². The molecule has 1 saturated heterocycles. The molecule has 6 heteroatoms. The van der Waals surface area contributed by atoms with Crippen LogP contribution in [0.1, 0.15) is 39.9 Å². The highest BCUT2D eigenvalue weighted by atomic mass is 32.1. The molecule has 4 nitrogen and oxygen atoms in total. The Morgan fingerprint density at radius 3 is 2.57 bits per heavy atom. The second-order valence-electron chi connectivity index (χ2n) is 5.89. The number of amides is 1. The van der Waals surface area contributed by atoms with E-state index in [1.165, 1.54) is 23.5 Å². The van der Waals surface area contributed by atoms with Gasteiger partial charge in [-0.05, 0) is 43.4 Å². The summed E-state index contributed by atoms with van der Waals surface area (Å²) in [4.78, 5) is 19.1. The Bertz CT molecular complexity index is 678. The minimum absolute atomic E-state index is 0.0275. The van der Waals surface area contributed by atoms with Gasteiger partial charge in [0, 0.05) is 13.1 Å². The van der Waals surface area contributed by atoms with E-state index in [-0.39, 0.29) is 17.6 Å². The summed E-state index contributed by atoms with van der Waals surface area (Å²) in [5, 5.41) is 10.5. The smallest absolute Gasteiger partial charge is 0.265 e. The van der Waals surface area contributed by atoms with Gasteiger partial charge in [0.2, 0.25) is 0 Å². The first-order valence-electron chi connectivity index (χ1n) is 7.69. The topological polar surface area (TPSA) is 53.4 Å². The summed E-state index contributed by atoms with van der Waals surface area (Å²) < 4.78 is 13.0. The van der Waals surface area contributed by atoms with E-state index in [0.717, 1.165) is 24.1 Å². The highest BCUT2D eigenvalue weighted by molar-refractivity contribution is 7.11. The van der Waals surface area contributed by atoms with Crippen LogP contribution in [0.25, 0.3) is 0 Å². The summed E-state index contributed by atoms with van der Waals surface area (Å²) in [5.74, 6) is -0.187. The standard InChI is InChI=1S/C17H19FN2O2S/c1-11-16(23-10-19-11)17(22)20-8-6-13(7-9-20)15(21)12-2-4-14(18)5-3-12/h2-5,10,13,15,21H,6-9H2,1H3. The van der Waals surface area contributed by atoms with Crippen LogP contribution in [0.5, 0.6) is 0 Å². The number of piperidine rings is 1. The van der Waals surface area contributed by atoms with Crippen molar-refractivity contribution in [1.29, 1.82) is 0 Å². The van der Waals surface area contributed by atoms with Gasteiger partial charge in [-0.25, -0.2) is 9.37 Å². The van der Waals surface area contributed by atoms with Gasteiger partial charge in [0.1, 0.15) is 10.7 Å². The van der Waals surface area contributed by atoms with Crippen LogP contribution in [-0.4, -0.2) is 34.0 Å². The van der Waals surface area contributed by atoms with Crippen molar-refractivity contribution in [3.63, 3.8) is 0 Å². The van der Waals surface area contributed by atoms with Crippen LogP contribution >= 0.6 is 11.3 Å². The molecule has 2 aromatic rings. The number of nitrogens with zero attached hydrogens (tertiary/aromatic N) is 2. The third-order valence-corrected chi connectivity index (χ3v) is 5.34. The largest absolute Gasteiger partial charge is 0.388 e. The highest BCUT2D eigenvalue weighted by Crippen LogP contribution is 2.31. The third kappa shape index (κ3) is 3.43. The predicted molar refractivity (Wildman–Crippen MR) is 86.8 cm³/mol. The number of aliphatic hydroxyl groups excluding tert-OH is 1. The van der Waals surface area contributed by atoms with E-state index in [2.05, 4.69) is 4.98 Å². The zero-order chi connectivity index (χ0) is 16.4. The lowest BCUT2D eigenvalue weighted by Crippen LogP contribution is -2.39. The molecule has 1 aliphatic rings. The van der Waals surface area contributed by atoms with Crippen LogP contribution in [0.3, 0.4) is 0 Å². The van der Waals surface area contributed by atoms with E-state index in [1.807, 2.05) is 11.8 Å². The Balaban J connectivity index is 1.61. The fourth-order valence-electron chi connectivity index (χ4n) is 3.00. The molecule has 1 aromatic heterocycles. The number of thiazole rings is 1. The lowest BCUT2D eigenvalue weighted by Gasteiger charge is -2.34. The van der Waals surface area contributed by atoms with Crippen molar-refractivity contribution in [2.24, 2.45) is 5.92 Å². The molecule has 1 aromatic carbocycles. The van der Waals surface area contributed by atoms with Crippen LogP contribution in [0, 0.1) is 18.7 Å². The molecule has 0 saturated carbocycles. The average molecular weight is 334 g/mol. The molecule has 0 aliphatic carbocycles. The number of hydrogen-bond acceptors (Lipinski definition) is 4. The van der Waals surface area contributed by atoms with E-state index >= 15 is 0 Å². The maximum Gasteiger partial charge on any atom is 0.265 e. The zero-order valence-electron chi connectivity index (χ0n) is 12.9. The minimum atomic E-state index is -0.613. The highest BCUT2D eigenvalue weighted by Gasteiger charge is 2.29. The number of halogens is 1. The van der Waals surface area contributed by atoms with Crippen LogP contribution < -0.4 is 0 Å². The van der Waals surface area contributed by atoms with E-state index in [9.17, 15) is 14.3 Å². The summed E-state index contributed by atoms with van der Waals surface area (Å²) in [6, 6.07) is 5.98. The van der Waals surface area contributed by atoms with E-state index in [1.54, 1.807) is 17.6 Å². The zero-order valence-corrected chi connectivity index (χ0v) is 13.7. The number of aromatic nitrogens is 1. The number of benzene rings is 1. The van der Waals surface area contributed by atoms with Crippen LogP contribution in [0.4, 0.5) is 4.39 Å². The second-order valence-corrected chi connectivity index (χ2v) is 6.75. The normalized spacial score (nSPS) is 17.3. The van der Waals surface area contributed by atoms with Crippen molar-refractivity contribution in [2.45, 2.75) is 25.9 Å². The van der Waals surface area contributed by atoms with E-state index in [4.69, 9.17) is 0 Å². The van der Waals surface area contributed by atoms with Gasteiger partial charge in [0.25, 0.3) is 5.91 Å². The molecular formula is C17H19FN2O2S. The van der Waals surface area contributed by atoms with E-state index in [0.29, 0.717) is 18.0 Å². The Kier molecular flexibility index (Phi) is 4.73. The van der Waals surface area contributed by atoms with Gasteiger partial charge in [-0.2, -0.15) is 0 Å². The maximum atomic E-state index is 13.0. The first-order chi connectivity index (χ1) is 11.1. The molecule has 3 rings (SSSR count). The summed E-state index contributed by atoms with van der Waals surface area (Å²) in [7, 11) is 0.